The SMILES string of the molecule is COc1cccc(NC(=O)/C(C#N)=C\c2ccc(Sc3ccc(Cl)cc3)s2)c1. The third-order valence-electron chi connectivity index (χ3n) is 3.61. The van der Waals surface area contributed by atoms with Crippen LogP contribution in [0, 0.1) is 11.3 Å². The maximum atomic E-state index is 12.4. The van der Waals surface area contributed by atoms with E-state index in [9.17, 15) is 10.1 Å². The number of methoxy groups -OCH3 is 1. The van der Waals surface area contributed by atoms with Gasteiger partial charge in [0.1, 0.15) is 17.4 Å². The highest BCUT2D eigenvalue weighted by molar-refractivity contribution is 8.01. The lowest BCUT2D eigenvalue weighted by molar-refractivity contribution is -0.112. The summed E-state index contributed by atoms with van der Waals surface area (Å²) < 4.78 is 6.19. The fourth-order valence-electron chi connectivity index (χ4n) is 2.28. The lowest BCUT2D eigenvalue weighted by Gasteiger charge is -2.06. The number of nitrogens with one attached hydrogen (secondary N) is 1. The van der Waals surface area contributed by atoms with Crippen LogP contribution in [0.25, 0.3) is 6.08 Å². The van der Waals surface area contributed by atoms with E-state index < -0.39 is 5.91 Å². The highest BCUT2D eigenvalue weighted by atomic mass is 35.5. The number of rotatable bonds is 6. The summed E-state index contributed by atoms with van der Waals surface area (Å²) in [4.78, 5) is 14.3. The largest absolute Gasteiger partial charge is 0.497 e. The minimum atomic E-state index is -0.462. The maximum absolute atomic E-state index is 12.4. The molecule has 0 saturated heterocycles. The molecule has 0 unspecified atom stereocenters. The van der Waals surface area contributed by atoms with Gasteiger partial charge in [-0.05, 0) is 54.6 Å². The average molecular weight is 427 g/mol. The van der Waals surface area contributed by atoms with Crippen LogP contribution in [0.15, 0.2) is 75.3 Å². The van der Waals surface area contributed by atoms with Crippen molar-refractivity contribution in [1.82, 2.24) is 0 Å². The number of hydrogen-bond donors (Lipinski definition) is 1. The topological polar surface area (TPSA) is 62.1 Å². The molecule has 1 amide bonds. The van der Waals surface area contributed by atoms with Crippen molar-refractivity contribution in [3.8, 4) is 11.8 Å². The number of amides is 1. The first kappa shape index (κ1) is 20.0. The summed E-state index contributed by atoms with van der Waals surface area (Å²) in [5, 5.41) is 12.8. The molecule has 3 rings (SSSR count). The van der Waals surface area contributed by atoms with Crippen LogP contribution in [0.5, 0.6) is 5.75 Å². The second kappa shape index (κ2) is 9.47. The van der Waals surface area contributed by atoms with Gasteiger partial charge in [0.15, 0.2) is 0 Å². The van der Waals surface area contributed by atoms with Crippen LogP contribution in [0.3, 0.4) is 0 Å². The first-order chi connectivity index (χ1) is 13.6. The Bertz CT molecular complexity index is 1050. The smallest absolute Gasteiger partial charge is 0.266 e. The van der Waals surface area contributed by atoms with E-state index in [0.29, 0.717) is 16.5 Å². The van der Waals surface area contributed by atoms with Gasteiger partial charge in [-0.3, -0.25) is 4.79 Å². The summed E-state index contributed by atoms with van der Waals surface area (Å²) in [7, 11) is 1.55. The number of ether oxygens (including phenoxy) is 1. The normalized spacial score (nSPS) is 11.0. The minimum Gasteiger partial charge on any atom is -0.497 e. The molecule has 0 fully saturated rings. The summed E-state index contributed by atoms with van der Waals surface area (Å²) in [6, 6.07) is 20.4. The van der Waals surface area contributed by atoms with Gasteiger partial charge in [-0.25, -0.2) is 0 Å². The maximum Gasteiger partial charge on any atom is 0.266 e. The molecule has 1 heterocycles. The number of thiophene rings is 1. The molecule has 3 aromatic rings. The number of carbonyl (C=O) groups is 1. The highest BCUT2D eigenvalue weighted by Gasteiger charge is 2.11. The van der Waals surface area contributed by atoms with Crippen molar-refractivity contribution in [2.75, 3.05) is 12.4 Å². The summed E-state index contributed by atoms with van der Waals surface area (Å²) >= 11 is 9.01. The van der Waals surface area contributed by atoms with Crippen LogP contribution in [-0.2, 0) is 4.79 Å². The molecule has 0 bridgehead atoms. The standard InChI is InChI=1S/C21H15ClN2O2S2/c1-26-17-4-2-3-16(12-17)24-21(25)14(13-23)11-19-9-10-20(28-19)27-18-7-5-15(22)6-8-18/h2-12H,1H3,(H,24,25)/b14-11-. The van der Waals surface area contributed by atoms with E-state index in [0.717, 1.165) is 14.0 Å². The van der Waals surface area contributed by atoms with Crippen molar-refractivity contribution in [3.05, 3.63) is 76.1 Å². The number of nitrogens with zero attached hydrogens (tertiary/aromatic N) is 1. The number of nitriles is 1. The molecule has 1 aromatic heterocycles. The average Bonchev–Trinajstić information content (AvgIpc) is 3.15. The Balaban J connectivity index is 1.71. The molecular formula is C21H15ClN2O2S2. The Morgan fingerprint density at radius 2 is 2.00 bits per heavy atom. The van der Waals surface area contributed by atoms with E-state index in [2.05, 4.69) is 5.32 Å². The van der Waals surface area contributed by atoms with E-state index in [4.69, 9.17) is 16.3 Å². The van der Waals surface area contributed by atoms with E-state index in [1.165, 1.54) is 11.3 Å². The Hall–Kier alpha value is -2.72. The summed E-state index contributed by atoms with van der Waals surface area (Å²) in [6.45, 7) is 0. The fourth-order valence-corrected chi connectivity index (χ4v) is 4.47. The zero-order chi connectivity index (χ0) is 19.9. The van der Waals surface area contributed by atoms with Crippen LogP contribution in [0.2, 0.25) is 5.02 Å². The van der Waals surface area contributed by atoms with Crippen LogP contribution in [0.4, 0.5) is 5.69 Å². The number of anilines is 1. The number of benzene rings is 2. The van der Waals surface area contributed by atoms with Gasteiger partial charge in [-0.1, -0.05) is 29.4 Å². The third-order valence-corrected chi connectivity index (χ3v) is 6.04. The van der Waals surface area contributed by atoms with Gasteiger partial charge < -0.3 is 10.1 Å². The molecule has 4 nitrogen and oxygen atoms in total. The minimum absolute atomic E-state index is 0.0349. The molecule has 0 saturated carbocycles. The fraction of sp³-hybridized carbons (Fsp3) is 0.0476. The lowest BCUT2D eigenvalue weighted by atomic mass is 10.2. The number of halogens is 1. The van der Waals surface area contributed by atoms with Crippen molar-refractivity contribution in [2.45, 2.75) is 9.10 Å². The zero-order valence-electron chi connectivity index (χ0n) is 14.8. The summed E-state index contributed by atoms with van der Waals surface area (Å²) in [5.41, 5.74) is 0.600. The zero-order valence-corrected chi connectivity index (χ0v) is 17.2. The molecule has 28 heavy (non-hydrogen) atoms. The Morgan fingerprint density at radius 3 is 2.71 bits per heavy atom. The summed E-state index contributed by atoms with van der Waals surface area (Å²) in [5.74, 6) is 0.165. The molecule has 0 radical (unpaired) electrons. The van der Waals surface area contributed by atoms with Crippen molar-refractivity contribution in [1.29, 1.82) is 5.26 Å². The van der Waals surface area contributed by atoms with E-state index >= 15 is 0 Å². The Kier molecular flexibility index (Phi) is 6.77. The number of carbonyl (C=O) groups excluding carboxylic acids is 1. The predicted octanol–water partition coefficient (Wildman–Crippen LogP) is 6.11. The van der Waals surface area contributed by atoms with Crippen molar-refractivity contribution in [2.24, 2.45) is 0 Å². The number of hydrogen-bond acceptors (Lipinski definition) is 5. The van der Waals surface area contributed by atoms with Gasteiger partial charge in [0.05, 0.1) is 11.3 Å². The molecule has 1 N–H and O–H groups in total. The van der Waals surface area contributed by atoms with E-state index in [-0.39, 0.29) is 5.57 Å². The van der Waals surface area contributed by atoms with Crippen LogP contribution >= 0.6 is 34.7 Å². The molecule has 140 valence electrons. The second-order valence-electron chi connectivity index (χ2n) is 5.57. The van der Waals surface area contributed by atoms with Gasteiger partial charge in [0.2, 0.25) is 0 Å². The Labute approximate surface area is 176 Å². The molecule has 2 aromatic carbocycles. The van der Waals surface area contributed by atoms with Gasteiger partial charge in [0.25, 0.3) is 5.91 Å². The first-order valence-corrected chi connectivity index (χ1v) is 10.2. The molecule has 0 atom stereocenters. The molecule has 7 heteroatoms. The van der Waals surface area contributed by atoms with Crippen LogP contribution in [-0.4, -0.2) is 13.0 Å². The molecular weight excluding hydrogens is 412 g/mol. The highest BCUT2D eigenvalue weighted by Crippen LogP contribution is 2.34. The monoisotopic (exact) mass is 426 g/mol. The third kappa shape index (κ3) is 5.40. The summed E-state index contributed by atoms with van der Waals surface area (Å²) in [6.07, 6.45) is 1.59. The lowest BCUT2D eigenvalue weighted by Crippen LogP contribution is -2.13. The van der Waals surface area contributed by atoms with Crippen molar-refractivity contribution in [3.63, 3.8) is 0 Å². The second-order valence-corrected chi connectivity index (χ2v) is 8.49. The van der Waals surface area contributed by atoms with Crippen molar-refractivity contribution >= 4 is 52.4 Å². The molecule has 0 aliphatic rings. The first-order valence-electron chi connectivity index (χ1n) is 8.18. The quantitative estimate of drug-likeness (QED) is 0.381. The van der Waals surface area contributed by atoms with Gasteiger partial charge in [-0.2, -0.15) is 5.26 Å². The van der Waals surface area contributed by atoms with Crippen LogP contribution < -0.4 is 10.1 Å². The van der Waals surface area contributed by atoms with Gasteiger partial charge >= 0.3 is 0 Å². The van der Waals surface area contributed by atoms with E-state index in [1.807, 2.05) is 42.5 Å². The molecule has 0 aliphatic heterocycles. The molecule has 0 spiro atoms. The van der Waals surface area contributed by atoms with Crippen molar-refractivity contribution < 1.29 is 9.53 Å². The van der Waals surface area contributed by atoms with E-state index in [1.54, 1.807) is 49.2 Å². The Morgan fingerprint density at radius 1 is 1.21 bits per heavy atom. The van der Waals surface area contributed by atoms with Crippen LogP contribution in [0.1, 0.15) is 4.88 Å². The van der Waals surface area contributed by atoms with Gasteiger partial charge in [0, 0.05) is 26.5 Å². The molecule has 0 aliphatic carbocycles. The predicted molar refractivity (Wildman–Crippen MR) is 115 cm³/mol. The van der Waals surface area contributed by atoms with Gasteiger partial charge in [-0.15, -0.1) is 11.3 Å².